The number of rotatable bonds is 4. The number of carboxylic acids is 1. The molecule has 0 saturated carbocycles. The first kappa shape index (κ1) is 17.2. The van der Waals surface area contributed by atoms with Gasteiger partial charge in [-0.1, -0.05) is 27.5 Å². The smallest absolute Gasteiger partial charge is 0.334 e. The molecule has 1 unspecified atom stereocenters. The van der Waals surface area contributed by atoms with Crippen LogP contribution in [0.5, 0.6) is 0 Å². The Kier molecular flexibility index (Phi) is 5.83. The van der Waals surface area contributed by atoms with Gasteiger partial charge in [0.25, 0.3) is 0 Å². The van der Waals surface area contributed by atoms with Crippen LogP contribution in [0, 0.1) is 0 Å². The summed E-state index contributed by atoms with van der Waals surface area (Å²) in [7, 11) is 0. The molecule has 5 nitrogen and oxygen atoms in total. The zero-order valence-corrected chi connectivity index (χ0v) is 14.4. The molecule has 1 N–H and O–H groups in total. The van der Waals surface area contributed by atoms with Crippen LogP contribution in [0.15, 0.2) is 22.7 Å². The van der Waals surface area contributed by atoms with Crippen molar-refractivity contribution in [2.24, 2.45) is 0 Å². The first-order chi connectivity index (χ1) is 10.4. The molecular weight excluding hydrogens is 374 g/mol. The highest BCUT2D eigenvalue weighted by Gasteiger charge is 2.32. The van der Waals surface area contributed by atoms with E-state index in [1.165, 1.54) is 0 Å². The van der Waals surface area contributed by atoms with Crippen molar-refractivity contribution in [1.29, 1.82) is 0 Å². The third kappa shape index (κ3) is 4.44. The second-order valence-corrected chi connectivity index (χ2v) is 6.60. The quantitative estimate of drug-likeness (QED) is 0.858. The standard InChI is InChI=1S/C15H17BrClNO4/c1-9-7-18(8-13(22-9)15(20)21)14(19)5-2-10-6-11(17)3-4-12(10)16/h3-4,6,9,13H,2,5,7-8H2,1H3,(H,20,21)/t9-,13?/m1/s1. The summed E-state index contributed by atoms with van der Waals surface area (Å²) in [4.78, 5) is 24.9. The van der Waals surface area contributed by atoms with Crippen LogP contribution >= 0.6 is 27.5 Å². The van der Waals surface area contributed by atoms with Gasteiger partial charge in [-0.15, -0.1) is 0 Å². The Hall–Kier alpha value is -1.11. The van der Waals surface area contributed by atoms with Gasteiger partial charge in [0, 0.05) is 22.5 Å². The van der Waals surface area contributed by atoms with E-state index in [0.717, 1.165) is 10.0 Å². The predicted octanol–water partition coefficient (Wildman–Crippen LogP) is 2.74. The lowest BCUT2D eigenvalue weighted by Gasteiger charge is -2.35. The lowest BCUT2D eigenvalue weighted by atomic mass is 10.1. The average Bonchev–Trinajstić information content (AvgIpc) is 2.47. The number of hydrogen-bond donors (Lipinski definition) is 1. The van der Waals surface area contributed by atoms with Gasteiger partial charge in [-0.3, -0.25) is 4.79 Å². The number of halogens is 2. The molecule has 1 amide bonds. The Labute approximate surface area is 142 Å². The van der Waals surface area contributed by atoms with Crippen molar-refractivity contribution in [3.63, 3.8) is 0 Å². The number of aryl methyl sites for hydroxylation is 1. The van der Waals surface area contributed by atoms with E-state index in [2.05, 4.69) is 15.9 Å². The first-order valence-electron chi connectivity index (χ1n) is 6.96. The summed E-state index contributed by atoms with van der Waals surface area (Å²) in [5.74, 6) is -1.12. The summed E-state index contributed by atoms with van der Waals surface area (Å²) >= 11 is 9.39. The van der Waals surface area contributed by atoms with Crippen LogP contribution in [0.1, 0.15) is 18.9 Å². The summed E-state index contributed by atoms with van der Waals surface area (Å²) in [6.07, 6.45) is -0.385. The molecule has 2 atom stereocenters. The van der Waals surface area contributed by atoms with Crippen LogP contribution in [-0.4, -0.2) is 47.2 Å². The fourth-order valence-corrected chi connectivity index (χ4v) is 3.07. The van der Waals surface area contributed by atoms with Crippen molar-refractivity contribution in [3.8, 4) is 0 Å². The SMILES string of the molecule is C[C@@H]1CN(C(=O)CCc2cc(Cl)ccc2Br)CC(C(=O)O)O1. The second-order valence-electron chi connectivity index (χ2n) is 5.31. The van der Waals surface area contributed by atoms with Crippen LogP contribution in [0.25, 0.3) is 0 Å². The summed E-state index contributed by atoms with van der Waals surface area (Å²) < 4.78 is 6.21. The lowest BCUT2D eigenvalue weighted by Crippen LogP contribution is -2.51. The van der Waals surface area contributed by atoms with Crippen molar-refractivity contribution in [2.75, 3.05) is 13.1 Å². The predicted molar refractivity (Wildman–Crippen MR) is 86.0 cm³/mol. The van der Waals surface area contributed by atoms with Gasteiger partial charge in [0.15, 0.2) is 6.10 Å². The largest absolute Gasteiger partial charge is 0.479 e. The van der Waals surface area contributed by atoms with E-state index in [0.29, 0.717) is 24.4 Å². The first-order valence-corrected chi connectivity index (χ1v) is 8.14. The third-order valence-corrected chi connectivity index (χ3v) is 4.51. The molecule has 22 heavy (non-hydrogen) atoms. The molecule has 2 rings (SSSR count). The van der Waals surface area contributed by atoms with Crippen LogP contribution in [-0.2, 0) is 20.7 Å². The van der Waals surface area contributed by atoms with E-state index in [9.17, 15) is 9.59 Å². The van der Waals surface area contributed by atoms with Crippen molar-refractivity contribution in [1.82, 2.24) is 4.90 Å². The zero-order valence-electron chi connectivity index (χ0n) is 12.1. The fourth-order valence-electron chi connectivity index (χ4n) is 2.43. The van der Waals surface area contributed by atoms with Crippen molar-refractivity contribution in [3.05, 3.63) is 33.3 Å². The number of carbonyl (C=O) groups excluding carboxylic acids is 1. The summed E-state index contributed by atoms with van der Waals surface area (Å²) in [5.41, 5.74) is 0.956. The maximum Gasteiger partial charge on any atom is 0.334 e. The molecule has 1 aromatic carbocycles. The molecule has 1 aliphatic heterocycles. The molecule has 1 saturated heterocycles. The molecule has 0 spiro atoms. The molecular formula is C15H17BrClNO4. The van der Waals surface area contributed by atoms with Crippen molar-refractivity contribution in [2.45, 2.75) is 32.0 Å². The Morgan fingerprint density at radius 3 is 2.86 bits per heavy atom. The minimum absolute atomic E-state index is 0.0757. The number of ether oxygens (including phenoxy) is 1. The Bertz CT molecular complexity index is 581. The van der Waals surface area contributed by atoms with Crippen LogP contribution in [0.4, 0.5) is 0 Å². The molecule has 1 aliphatic rings. The van der Waals surface area contributed by atoms with Crippen molar-refractivity contribution >= 4 is 39.4 Å². The van der Waals surface area contributed by atoms with Crippen LogP contribution in [0.3, 0.4) is 0 Å². The summed E-state index contributed by atoms with van der Waals surface area (Å²) in [5, 5.41) is 9.67. The maximum absolute atomic E-state index is 12.3. The Morgan fingerprint density at radius 2 is 2.18 bits per heavy atom. The number of benzene rings is 1. The molecule has 1 fully saturated rings. The zero-order chi connectivity index (χ0) is 16.3. The van der Waals surface area contributed by atoms with E-state index >= 15 is 0 Å². The van der Waals surface area contributed by atoms with Crippen LogP contribution in [0.2, 0.25) is 5.02 Å². The van der Waals surface area contributed by atoms with Gasteiger partial charge in [-0.25, -0.2) is 4.79 Å². The monoisotopic (exact) mass is 389 g/mol. The van der Waals surface area contributed by atoms with Gasteiger partial charge >= 0.3 is 5.97 Å². The fraction of sp³-hybridized carbons (Fsp3) is 0.467. The number of morpholine rings is 1. The molecule has 0 bridgehead atoms. The minimum atomic E-state index is -1.04. The van der Waals surface area contributed by atoms with Gasteiger partial charge in [-0.05, 0) is 37.1 Å². The highest BCUT2D eigenvalue weighted by atomic mass is 79.9. The number of carbonyl (C=O) groups is 2. The van der Waals surface area contributed by atoms with Gasteiger partial charge < -0.3 is 14.7 Å². The minimum Gasteiger partial charge on any atom is -0.479 e. The van der Waals surface area contributed by atoms with E-state index in [-0.39, 0.29) is 18.6 Å². The molecule has 1 heterocycles. The summed E-state index contributed by atoms with van der Waals surface area (Å²) in [6, 6.07) is 5.44. The average molecular weight is 391 g/mol. The van der Waals surface area contributed by atoms with Crippen LogP contribution < -0.4 is 0 Å². The molecule has 7 heteroatoms. The topological polar surface area (TPSA) is 66.8 Å². The number of carboxylic acid groups (broad SMARTS) is 1. The molecule has 120 valence electrons. The molecule has 0 radical (unpaired) electrons. The van der Waals surface area contributed by atoms with Gasteiger partial charge in [-0.2, -0.15) is 0 Å². The number of hydrogen-bond acceptors (Lipinski definition) is 3. The van der Waals surface area contributed by atoms with E-state index < -0.39 is 12.1 Å². The maximum atomic E-state index is 12.3. The number of aliphatic carboxylic acids is 1. The van der Waals surface area contributed by atoms with E-state index in [4.69, 9.17) is 21.4 Å². The molecule has 1 aromatic rings. The van der Waals surface area contributed by atoms with Gasteiger partial charge in [0.1, 0.15) is 0 Å². The Morgan fingerprint density at radius 1 is 1.45 bits per heavy atom. The summed E-state index contributed by atoms with van der Waals surface area (Å²) in [6.45, 7) is 2.28. The Balaban J connectivity index is 1.96. The van der Waals surface area contributed by atoms with E-state index in [1.807, 2.05) is 12.1 Å². The lowest BCUT2D eigenvalue weighted by molar-refractivity contribution is -0.166. The van der Waals surface area contributed by atoms with E-state index in [1.54, 1.807) is 17.9 Å². The highest BCUT2D eigenvalue weighted by molar-refractivity contribution is 9.10. The normalized spacial score (nSPS) is 21.7. The third-order valence-electron chi connectivity index (χ3n) is 3.50. The second kappa shape index (κ2) is 7.44. The van der Waals surface area contributed by atoms with Gasteiger partial charge in [0.05, 0.1) is 12.6 Å². The number of amides is 1. The molecule has 0 aromatic heterocycles. The molecule has 0 aliphatic carbocycles. The highest BCUT2D eigenvalue weighted by Crippen LogP contribution is 2.23. The van der Waals surface area contributed by atoms with Crippen molar-refractivity contribution < 1.29 is 19.4 Å². The van der Waals surface area contributed by atoms with Gasteiger partial charge in [0.2, 0.25) is 5.91 Å². The number of nitrogens with zero attached hydrogens (tertiary/aromatic N) is 1.